The Bertz CT molecular complexity index is 350. The number of hydrogen-bond acceptors (Lipinski definition) is 2. The largest absolute Gasteiger partial charge is 0.360 e. The molecule has 13 heavy (non-hydrogen) atoms. The lowest BCUT2D eigenvalue weighted by atomic mass is 9.92. The number of ether oxygens (including phenoxy) is 1. The maximum atomic E-state index is 5.90. The monoisotopic (exact) mass is 175 g/mol. The van der Waals surface area contributed by atoms with Gasteiger partial charge in [-0.25, -0.2) is 0 Å². The minimum atomic E-state index is -0.0352. The van der Waals surface area contributed by atoms with Gasteiger partial charge >= 0.3 is 0 Å². The second-order valence-corrected chi connectivity index (χ2v) is 4.07. The van der Waals surface area contributed by atoms with E-state index in [1.54, 1.807) is 0 Å². The number of benzene rings is 1. The van der Waals surface area contributed by atoms with Crippen LogP contribution in [0, 0.1) is 0 Å². The van der Waals surface area contributed by atoms with Gasteiger partial charge in [-0.2, -0.15) is 0 Å². The lowest BCUT2D eigenvalue weighted by Crippen LogP contribution is -2.32. The molecule has 1 fully saturated rings. The fourth-order valence-corrected chi connectivity index (χ4v) is 2.38. The molecule has 1 N–H and O–H groups in total. The zero-order chi connectivity index (χ0) is 8.89. The summed E-state index contributed by atoms with van der Waals surface area (Å²) in [4.78, 5) is 0. The molecule has 0 aliphatic carbocycles. The van der Waals surface area contributed by atoms with E-state index in [1.807, 2.05) is 0 Å². The van der Waals surface area contributed by atoms with Gasteiger partial charge in [0.1, 0.15) is 6.23 Å². The lowest BCUT2D eigenvalue weighted by Gasteiger charge is -2.33. The molecule has 3 rings (SSSR count). The Morgan fingerprint density at radius 3 is 3.23 bits per heavy atom. The first kappa shape index (κ1) is 7.39. The molecule has 1 saturated heterocycles. The fourth-order valence-electron chi connectivity index (χ4n) is 2.38. The van der Waals surface area contributed by atoms with Gasteiger partial charge in [0.15, 0.2) is 0 Å². The third kappa shape index (κ3) is 0.923. The summed E-state index contributed by atoms with van der Waals surface area (Å²) in [6, 6.07) is 8.44. The second kappa shape index (κ2) is 2.26. The summed E-state index contributed by atoms with van der Waals surface area (Å²) in [7, 11) is 0. The van der Waals surface area contributed by atoms with E-state index in [0.717, 1.165) is 12.8 Å². The van der Waals surface area contributed by atoms with E-state index in [0.29, 0.717) is 0 Å². The molecule has 0 saturated carbocycles. The zero-order valence-corrected chi connectivity index (χ0v) is 7.71. The maximum Gasteiger partial charge on any atom is 0.129 e. The Labute approximate surface area is 77.9 Å². The van der Waals surface area contributed by atoms with E-state index in [9.17, 15) is 0 Å². The van der Waals surface area contributed by atoms with Crippen molar-refractivity contribution in [1.29, 1.82) is 0 Å². The summed E-state index contributed by atoms with van der Waals surface area (Å²) in [5, 5.41) is 3.39. The standard InChI is InChI=1S/C11H13NO/c1-11-7-6-10(13-11)12-9-5-3-2-4-8(9)11/h2-5,10,12H,6-7H2,1H3. The van der Waals surface area contributed by atoms with E-state index in [4.69, 9.17) is 4.74 Å². The highest BCUT2D eigenvalue weighted by Gasteiger charge is 2.42. The van der Waals surface area contributed by atoms with Crippen LogP contribution in [0.1, 0.15) is 25.3 Å². The predicted octanol–water partition coefficient (Wildman–Crippen LogP) is 2.46. The summed E-state index contributed by atoms with van der Waals surface area (Å²) >= 11 is 0. The van der Waals surface area contributed by atoms with Crippen molar-refractivity contribution in [2.24, 2.45) is 0 Å². The predicted molar refractivity (Wildman–Crippen MR) is 51.5 cm³/mol. The maximum absolute atomic E-state index is 5.90. The molecule has 2 bridgehead atoms. The molecule has 0 spiro atoms. The van der Waals surface area contributed by atoms with E-state index in [2.05, 4.69) is 36.5 Å². The summed E-state index contributed by atoms with van der Waals surface area (Å²) in [5.74, 6) is 0. The van der Waals surface area contributed by atoms with Crippen LogP contribution in [-0.4, -0.2) is 6.23 Å². The van der Waals surface area contributed by atoms with Crippen LogP contribution < -0.4 is 5.32 Å². The van der Waals surface area contributed by atoms with Crippen LogP contribution >= 0.6 is 0 Å². The van der Waals surface area contributed by atoms with Gasteiger partial charge in [0.25, 0.3) is 0 Å². The van der Waals surface area contributed by atoms with Gasteiger partial charge in [0.05, 0.1) is 5.60 Å². The van der Waals surface area contributed by atoms with Crippen LogP contribution in [0.4, 0.5) is 5.69 Å². The Balaban J connectivity index is 2.19. The average Bonchev–Trinajstić information content (AvgIpc) is 2.44. The van der Waals surface area contributed by atoms with Crippen molar-refractivity contribution >= 4 is 5.69 Å². The molecule has 2 unspecified atom stereocenters. The topological polar surface area (TPSA) is 21.3 Å². The highest BCUT2D eigenvalue weighted by molar-refractivity contribution is 5.56. The normalized spacial score (nSPS) is 35.3. The Morgan fingerprint density at radius 1 is 1.46 bits per heavy atom. The van der Waals surface area contributed by atoms with E-state index in [1.165, 1.54) is 11.3 Å². The van der Waals surface area contributed by atoms with Crippen LogP contribution in [0.3, 0.4) is 0 Å². The van der Waals surface area contributed by atoms with Crippen molar-refractivity contribution < 1.29 is 4.74 Å². The molecule has 2 atom stereocenters. The third-order valence-electron chi connectivity index (χ3n) is 3.10. The van der Waals surface area contributed by atoms with Crippen molar-refractivity contribution in [3.63, 3.8) is 0 Å². The van der Waals surface area contributed by atoms with Gasteiger partial charge < -0.3 is 10.1 Å². The van der Waals surface area contributed by atoms with Gasteiger partial charge in [-0.15, -0.1) is 0 Å². The van der Waals surface area contributed by atoms with E-state index in [-0.39, 0.29) is 11.8 Å². The molecule has 2 heterocycles. The lowest BCUT2D eigenvalue weighted by molar-refractivity contribution is -0.0280. The van der Waals surface area contributed by atoms with Crippen molar-refractivity contribution in [3.8, 4) is 0 Å². The first-order chi connectivity index (χ1) is 6.28. The quantitative estimate of drug-likeness (QED) is 0.654. The van der Waals surface area contributed by atoms with Crippen LogP contribution in [0.5, 0.6) is 0 Å². The molecule has 1 aromatic rings. The summed E-state index contributed by atoms with van der Waals surface area (Å²) in [5.41, 5.74) is 2.52. The number of fused-ring (bicyclic) bond motifs is 4. The summed E-state index contributed by atoms with van der Waals surface area (Å²) < 4.78 is 5.90. The van der Waals surface area contributed by atoms with Gasteiger partial charge in [0, 0.05) is 11.3 Å². The molecule has 2 aliphatic heterocycles. The van der Waals surface area contributed by atoms with Crippen molar-refractivity contribution in [1.82, 2.24) is 0 Å². The Hall–Kier alpha value is -1.02. The molecule has 0 radical (unpaired) electrons. The van der Waals surface area contributed by atoms with E-state index < -0.39 is 0 Å². The molecule has 0 aromatic heterocycles. The number of anilines is 1. The average molecular weight is 175 g/mol. The number of rotatable bonds is 0. The fraction of sp³-hybridized carbons (Fsp3) is 0.455. The van der Waals surface area contributed by atoms with Crippen molar-refractivity contribution in [2.45, 2.75) is 31.6 Å². The van der Waals surface area contributed by atoms with Gasteiger partial charge in [-0.1, -0.05) is 18.2 Å². The van der Waals surface area contributed by atoms with Crippen LogP contribution in [-0.2, 0) is 10.3 Å². The first-order valence-electron chi connectivity index (χ1n) is 4.82. The molecule has 2 nitrogen and oxygen atoms in total. The SMILES string of the molecule is CC12CCC(Nc3ccccc31)O2. The molecule has 2 aliphatic rings. The summed E-state index contributed by atoms with van der Waals surface area (Å²) in [6.07, 6.45) is 2.48. The third-order valence-corrected chi connectivity index (χ3v) is 3.10. The van der Waals surface area contributed by atoms with E-state index >= 15 is 0 Å². The Morgan fingerprint density at radius 2 is 2.31 bits per heavy atom. The highest BCUT2D eigenvalue weighted by Crippen LogP contribution is 2.46. The van der Waals surface area contributed by atoms with Crippen LogP contribution in [0.25, 0.3) is 0 Å². The number of nitrogens with one attached hydrogen (secondary N) is 1. The molecule has 68 valence electrons. The Kier molecular flexibility index (Phi) is 1.29. The zero-order valence-electron chi connectivity index (χ0n) is 7.71. The molecular formula is C11H13NO. The van der Waals surface area contributed by atoms with Gasteiger partial charge in [-0.05, 0) is 25.8 Å². The second-order valence-electron chi connectivity index (χ2n) is 4.07. The first-order valence-corrected chi connectivity index (χ1v) is 4.82. The smallest absolute Gasteiger partial charge is 0.129 e. The number of para-hydroxylation sites is 1. The molecular weight excluding hydrogens is 162 g/mol. The summed E-state index contributed by atoms with van der Waals surface area (Å²) in [6.45, 7) is 2.19. The number of hydrogen-bond donors (Lipinski definition) is 1. The van der Waals surface area contributed by atoms with Crippen LogP contribution in [0.2, 0.25) is 0 Å². The van der Waals surface area contributed by atoms with Crippen LogP contribution in [0.15, 0.2) is 24.3 Å². The minimum absolute atomic E-state index is 0.0352. The van der Waals surface area contributed by atoms with Crippen molar-refractivity contribution in [2.75, 3.05) is 5.32 Å². The highest BCUT2D eigenvalue weighted by atomic mass is 16.5. The van der Waals surface area contributed by atoms with Crippen molar-refractivity contribution in [3.05, 3.63) is 29.8 Å². The molecule has 1 aromatic carbocycles. The molecule has 2 heteroatoms. The minimum Gasteiger partial charge on any atom is -0.360 e. The van der Waals surface area contributed by atoms with Gasteiger partial charge in [0.2, 0.25) is 0 Å². The van der Waals surface area contributed by atoms with Gasteiger partial charge in [-0.3, -0.25) is 0 Å². The molecule has 0 amide bonds.